The van der Waals surface area contributed by atoms with Crippen LogP contribution in [-0.2, 0) is 4.79 Å². The van der Waals surface area contributed by atoms with E-state index in [4.69, 9.17) is 5.11 Å². The van der Waals surface area contributed by atoms with Crippen LogP contribution < -0.4 is 10.9 Å². The summed E-state index contributed by atoms with van der Waals surface area (Å²) in [6.07, 6.45) is 6.13. The minimum atomic E-state index is -1.15. The molecular weight excluding hydrogens is 184 g/mol. The molecule has 0 aromatic heterocycles. The maximum absolute atomic E-state index is 10.5. The van der Waals surface area contributed by atoms with Gasteiger partial charge in [0.05, 0.1) is 6.20 Å². The Kier molecular flexibility index (Phi) is 6.40. The molecule has 0 aromatic carbocycles. The Bertz CT molecular complexity index is 281. The Morgan fingerprint density at radius 1 is 1.57 bits per heavy atom. The van der Waals surface area contributed by atoms with E-state index in [0.29, 0.717) is 0 Å². The normalized spacial score (nSPS) is 11.9. The van der Waals surface area contributed by atoms with Crippen LogP contribution in [0.1, 0.15) is 6.92 Å². The molecule has 0 aliphatic carbocycles. The van der Waals surface area contributed by atoms with Gasteiger partial charge >= 0.3 is 5.97 Å². The van der Waals surface area contributed by atoms with E-state index in [-0.39, 0.29) is 5.70 Å². The van der Waals surface area contributed by atoms with E-state index in [9.17, 15) is 4.79 Å². The SMILES string of the molecule is C=NN/C(=C\N/N=C\C=C/C)C(=O)O. The summed E-state index contributed by atoms with van der Waals surface area (Å²) in [6.45, 7) is 4.94. The van der Waals surface area contributed by atoms with Crippen LogP contribution >= 0.6 is 0 Å². The first kappa shape index (κ1) is 11.9. The summed E-state index contributed by atoms with van der Waals surface area (Å²) in [5.41, 5.74) is 4.46. The first-order valence-electron chi connectivity index (χ1n) is 3.77. The molecule has 0 bridgehead atoms. The van der Waals surface area contributed by atoms with Gasteiger partial charge in [-0.25, -0.2) is 4.79 Å². The number of rotatable bonds is 6. The molecule has 0 amide bonds. The lowest BCUT2D eigenvalue weighted by atomic mass is 10.5. The van der Waals surface area contributed by atoms with E-state index in [1.807, 2.05) is 6.92 Å². The van der Waals surface area contributed by atoms with Gasteiger partial charge in [0, 0.05) is 12.9 Å². The zero-order valence-corrected chi connectivity index (χ0v) is 7.77. The summed E-state index contributed by atoms with van der Waals surface area (Å²) < 4.78 is 0. The lowest BCUT2D eigenvalue weighted by Crippen LogP contribution is -2.16. The smallest absolute Gasteiger partial charge is 0.355 e. The van der Waals surface area contributed by atoms with Crippen LogP contribution in [0.2, 0.25) is 0 Å². The minimum absolute atomic E-state index is 0.141. The van der Waals surface area contributed by atoms with Gasteiger partial charge in [-0.05, 0) is 13.0 Å². The largest absolute Gasteiger partial charge is 0.476 e. The Morgan fingerprint density at radius 3 is 2.79 bits per heavy atom. The van der Waals surface area contributed by atoms with Crippen LogP contribution in [0.5, 0.6) is 0 Å². The summed E-state index contributed by atoms with van der Waals surface area (Å²) in [7, 11) is 0. The predicted molar refractivity (Wildman–Crippen MR) is 54.8 cm³/mol. The van der Waals surface area contributed by atoms with Crippen LogP contribution in [-0.4, -0.2) is 24.0 Å². The van der Waals surface area contributed by atoms with E-state index in [1.54, 1.807) is 12.2 Å². The number of allylic oxidation sites excluding steroid dienone is 2. The van der Waals surface area contributed by atoms with Crippen molar-refractivity contribution in [1.82, 2.24) is 10.9 Å². The van der Waals surface area contributed by atoms with Crippen molar-refractivity contribution in [2.24, 2.45) is 10.2 Å². The molecule has 6 nitrogen and oxygen atoms in total. The van der Waals surface area contributed by atoms with E-state index < -0.39 is 5.97 Å². The highest BCUT2D eigenvalue weighted by molar-refractivity contribution is 5.85. The van der Waals surface area contributed by atoms with Crippen molar-refractivity contribution in [3.8, 4) is 0 Å². The molecular formula is C8H12N4O2. The van der Waals surface area contributed by atoms with Crippen LogP contribution in [0.25, 0.3) is 0 Å². The molecule has 0 atom stereocenters. The molecule has 0 aliphatic heterocycles. The third-order valence-corrected chi connectivity index (χ3v) is 1.07. The first-order valence-corrected chi connectivity index (χ1v) is 3.77. The van der Waals surface area contributed by atoms with Crippen molar-refractivity contribution in [1.29, 1.82) is 0 Å². The van der Waals surface area contributed by atoms with Crippen molar-refractivity contribution >= 4 is 18.9 Å². The maximum Gasteiger partial charge on any atom is 0.355 e. The molecule has 14 heavy (non-hydrogen) atoms. The van der Waals surface area contributed by atoms with E-state index in [2.05, 4.69) is 27.8 Å². The zero-order chi connectivity index (χ0) is 10.8. The maximum atomic E-state index is 10.5. The highest BCUT2D eigenvalue weighted by atomic mass is 16.4. The number of hydrogen-bond donors (Lipinski definition) is 3. The van der Waals surface area contributed by atoms with Gasteiger partial charge in [0.2, 0.25) is 0 Å². The summed E-state index contributed by atoms with van der Waals surface area (Å²) >= 11 is 0. The number of aliphatic carboxylic acids is 1. The molecule has 76 valence electrons. The van der Waals surface area contributed by atoms with Crippen LogP contribution in [0, 0.1) is 0 Å². The van der Waals surface area contributed by atoms with Crippen molar-refractivity contribution in [3.63, 3.8) is 0 Å². The number of carboxylic acids is 1. The quantitative estimate of drug-likeness (QED) is 0.323. The number of carboxylic acid groups (broad SMARTS) is 1. The van der Waals surface area contributed by atoms with E-state index in [1.165, 1.54) is 6.21 Å². The molecule has 0 heterocycles. The van der Waals surface area contributed by atoms with Gasteiger partial charge in [-0.1, -0.05) is 6.08 Å². The molecule has 0 saturated heterocycles. The van der Waals surface area contributed by atoms with Gasteiger partial charge in [0.25, 0.3) is 0 Å². The fraction of sp³-hybridized carbons (Fsp3) is 0.125. The Balaban J connectivity index is 4.16. The number of nitrogens with zero attached hydrogens (tertiary/aromatic N) is 2. The average molecular weight is 196 g/mol. The second-order valence-electron chi connectivity index (χ2n) is 2.07. The topological polar surface area (TPSA) is 86.1 Å². The standard InChI is InChI=1S/C8H12N4O2/c1-3-4-5-10-11-6-7(8(13)14)12-9-2/h3-6,11-12H,2H2,1H3,(H,13,14)/b4-3-,7-6-,10-5-. The summed E-state index contributed by atoms with van der Waals surface area (Å²) in [6, 6.07) is 0. The fourth-order valence-electron chi connectivity index (χ4n) is 0.501. The summed E-state index contributed by atoms with van der Waals surface area (Å²) in [5.74, 6) is -1.15. The summed E-state index contributed by atoms with van der Waals surface area (Å²) in [4.78, 5) is 10.5. The monoisotopic (exact) mass is 196 g/mol. The molecule has 0 fully saturated rings. The van der Waals surface area contributed by atoms with Gasteiger partial charge in [0.15, 0.2) is 5.70 Å². The molecule has 0 aromatic rings. The summed E-state index contributed by atoms with van der Waals surface area (Å²) in [5, 5.41) is 15.5. The number of hydrogen-bond acceptors (Lipinski definition) is 5. The van der Waals surface area contributed by atoms with Gasteiger partial charge < -0.3 is 5.11 Å². The Morgan fingerprint density at radius 2 is 2.29 bits per heavy atom. The highest BCUT2D eigenvalue weighted by Gasteiger charge is 2.03. The Labute approximate surface area is 81.7 Å². The molecule has 0 radical (unpaired) electrons. The predicted octanol–water partition coefficient (Wildman–Crippen LogP) is 0.269. The average Bonchev–Trinajstić information content (AvgIpc) is 2.15. The molecule has 0 saturated carbocycles. The van der Waals surface area contributed by atoms with E-state index in [0.717, 1.165) is 6.20 Å². The van der Waals surface area contributed by atoms with E-state index >= 15 is 0 Å². The molecule has 0 unspecified atom stereocenters. The lowest BCUT2D eigenvalue weighted by Gasteiger charge is -1.98. The number of hydrazone groups is 2. The minimum Gasteiger partial charge on any atom is -0.476 e. The van der Waals surface area contributed by atoms with Gasteiger partial charge in [-0.3, -0.25) is 10.9 Å². The first-order chi connectivity index (χ1) is 6.72. The number of nitrogens with one attached hydrogen (secondary N) is 2. The van der Waals surface area contributed by atoms with Gasteiger partial charge in [-0.15, -0.1) is 0 Å². The molecule has 3 N–H and O–H groups in total. The van der Waals surface area contributed by atoms with Crippen LogP contribution in [0.15, 0.2) is 34.3 Å². The zero-order valence-electron chi connectivity index (χ0n) is 7.77. The third-order valence-electron chi connectivity index (χ3n) is 1.07. The van der Waals surface area contributed by atoms with Gasteiger partial charge in [0.1, 0.15) is 0 Å². The Hall–Kier alpha value is -2.11. The third kappa shape index (κ3) is 5.53. The fourth-order valence-corrected chi connectivity index (χ4v) is 0.501. The highest BCUT2D eigenvalue weighted by Crippen LogP contribution is 1.85. The molecule has 0 rings (SSSR count). The van der Waals surface area contributed by atoms with Crippen molar-refractivity contribution in [2.45, 2.75) is 6.92 Å². The second-order valence-corrected chi connectivity index (χ2v) is 2.07. The van der Waals surface area contributed by atoms with Gasteiger partial charge in [-0.2, -0.15) is 10.2 Å². The van der Waals surface area contributed by atoms with Crippen molar-refractivity contribution < 1.29 is 9.90 Å². The van der Waals surface area contributed by atoms with Crippen molar-refractivity contribution in [2.75, 3.05) is 0 Å². The van der Waals surface area contributed by atoms with Crippen LogP contribution in [0.4, 0.5) is 0 Å². The second kappa shape index (κ2) is 7.53. The van der Waals surface area contributed by atoms with Crippen LogP contribution in [0.3, 0.4) is 0 Å². The molecule has 0 aliphatic rings. The number of carbonyl (C=O) groups is 1. The molecule has 6 heteroatoms. The molecule has 0 spiro atoms. The van der Waals surface area contributed by atoms with Crippen molar-refractivity contribution in [3.05, 3.63) is 24.0 Å². The lowest BCUT2D eigenvalue weighted by molar-refractivity contribution is -0.133.